The summed E-state index contributed by atoms with van der Waals surface area (Å²) in [6.07, 6.45) is -1.08. The first-order valence-corrected chi connectivity index (χ1v) is 26.2. The molecule has 0 heterocycles. The normalized spacial score (nSPS) is 16.2. The van der Waals surface area contributed by atoms with Crippen LogP contribution in [0.4, 0.5) is 0 Å². The van der Waals surface area contributed by atoms with Crippen LogP contribution in [0.5, 0.6) is 0 Å². The summed E-state index contributed by atoms with van der Waals surface area (Å²) in [5.41, 5.74) is 0. The van der Waals surface area contributed by atoms with E-state index in [0.717, 1.165) is 0 Å². The minimum Gasteiger partial charge on any atom is -0.481 e. The van der Waals surface area contributed by atoms with Gasteiger partial charge in [-0.2, -0.15) is 0 Å². The lowest BCUT2D eigenvalue weighted by Gasteiger charge is -2.24. The second-order valence-electron chi connectivity index (χ2n) is 19.7. The molecule has 15 atom stereocenters. The lowest BCUT2D eigenvalue weighted by molar-refractivity contribution is -0.142. The monoisotopic (exact) mass is 1180 g/mol. The molecular formula is C49H81N15O19. The van der Waals surface area contributed by atoms with Crippen LogP contribution < -0.4 is 79.8 Å². The Kier molecular flexibility index (Phi) is 31.2. The van der Waals surface area contributed by atoms with Crippen LogP contribution in [-0.4, -0.2) is 201 Å². The Balaban J connectivity index is 5.18. The molecule has 17 N–H and O–H groups in total. The highest BCUT2D eigenvalue weighted by molar-refractivity contribution is 6.00. The molecular weight excluding hydrogens is 1100 g/mol. The SMILES string of the molecule is CC(=O)N[C@@H](C)C(=O)N[C@@H](C)C(=O)N[C@@H](C)C(=O)N[C@@H](C)C(=O)N[C@@H](C)C(=O)N[C@@H](C)C(=O)N[C@@H](C)C(=O)N[C@@H](C)C(=O)N[C@@H](C)C(=O)N[C@@H](C)C(=O)N[C@@H](C)C(=O)N[C@@H](CCC(=O)O)C(=O)N[C@@H](C)C(=O)N[C@@H](C)C(=O)N[C@@H](C)C(=O)O. The van der Waals surface area contributed by atoms with Crippen LogP contribution in [0.3, 0.4) is 0 Å². The number of amides is 15. The second-order valence-corrected chi connectivity index (χ2v) is 19.7. The molecule has 466 valence electrons. The summed E-state index contributed by atoms with van der Waals surface area (Å²) in [7, 11) is 0. The topological polar surface area (TPSA) is 511 Å². The van der Waals surface area contributed by atoms with E-state index in [0.29, 0.717) is 0 Å². The number of carbonyl (C=O) groups excluding carboxylic acids is 15. The van der Waals surface area contributed by atoms with Gasteiger partial charge >= 0.3 is 11.9 Å². The maximum absolute atomic E-state index is 13.1. The molecule has 0 radical (unpaired) electrons. The van der Waals surface area contributed by atoms with Crippen molar-refractivity contribution in [3.8, 4) is 0 Å². The molecule has 15 amide bonds. The van der Waals surface area contributed by atoms with Gasteiger partial charge in [-0.1, -0.05) is 0 Å². The molecule has 34 nitrogen and oxygen atoms in total. The zero-order chi connectivity index (χ0) is 64.5. The van der Waals surface area contributed by atoms with Crippen LogP contribution >= 0.6 is 0 Å². The lowest BCUT2D eigenvalue weighted by atomic mass is 10.1. The number of carbonyl (C=O) groups is 17. The third-order valence-corrected chi connectivity index (χ3v) is 11.8. The zero-order valence-corrected chi connectivity index (χ0v) is 48.9. The van der Waals surface area contributed by atoms with Gasteiger partial charge < -0.3 is 90.0 Å². The number of nitrogens with one attached hydrogen (secondary N) is 15. The summed E-state index contributed by atoms with van der Waals surface area (Å²) in [6.45, 7) is 19.0. The van der Waals surface area contributed by atoms with Crippen molar-refractivity contribution in [2.45, 2.75) is 207 Å². The standard InChI is InChI=1S/C49H81N15O19/c1-18(50-32(15)65)35(68)51-19(2)36(69)52-20(3)37(70)53-21(4)38(71)54-22(5)39(72)55-23(6)40(73)56-24(7)41(74)57-25(8)42(75)58-26(9)43(76)59-27(10)44(77)61-30(13)47(80)64-33(16-17-34(66)67)48(81)62-29(12)45(78)60-28(11)46(79)63-31(14)49(82)83/h18-31,33H,16-17H2,1-15H3,(H,50,65)(H,51,68)(H,52,69)(H,53,70)(H,54,71)(H,55,72)(H,56,73)(H,57,74)(H,58,75)(H,59,76)(H,60,78)(H,61,77)(H,62,81)(H,63,79)(H,64,80)(H,66,67)(H,82,83)/t18-,19-,20-,21-,22-,23-,24-,25-,26-,27-,28-,29-,30-,31-,33-/m0/s1. The number of hydrogen-bond acceptors (Lipinski definition) is 17. The Morgan fingerprint density at radius 1 is 0.241 bits per heavy atom. The molecule has 0 saturated heterocycles. The quantitative estimate of drug-likeness (QED) is 0.0290. The van der Waals surface area contributed by atoms with Gasteiger partial charge in [0.25, 0.3) is 0 Å². The van der Waals surface area contributed by atoms with Gasteiger partial charge in [-0.15, -0.1) is 0 Å². The van der Waals surface area contributed by atoms with Gasteiger partial charge in [-0.25, -0.2) is 0 Å². The van der Waals surface area contributed by atoms with Crippen LogP contribution in [0.25, 0.3) is 0 Å². The molecule has 0 aliphatic carbocycles. The van der Waals surface area contributed by atoms with Gasteiger partial charge in [0.2, 0.25) is 88.6 Å². The molecule has 0 aromatic heterocycles. The second kappa shape index (κ2) is 35.0. The summed E-state index contributed by atoms with van der Waals surface area (Å²) in [4.78, 5) is 213. The summed E-state index contributed by atoms with van der Waals surface area (Å²) >= 11 is 0. The van der Waals surface area contributed by atoms with Gasteiger partial charge in [0.1, 0.15) is 90.6 Å². The Morgan fingerprint density at radius 2 is 0.398 bits per heavy atom. The molecule has 0 rings (SSSR count). The predicted octanol–water partition coefficient (Wildman–Crippen LogP) is -7.49. The maximum Gasteiger partial charge on any atom is 0.325 e. The van der Waals surface area contributed by atoms with Crippen molar-refractivity contribution in [2.75, 3.05) is 0 Å². The highest BCUT2D eigenvalue weighted by Crippen LogP contribution is 2.03. The Bertz CT molecular complexity index is 2460. The summed E-state index contributed by atoms with van der Waals surface area (Å²) < 4.78 is 0. The Labute approximate surface area is 478 Å². The van der Waals surface area contributed by atoms with E-state index in [-0.39, 0.29) is 0 Å². The number of rotatable bonds is 33. The van der Waals surface area contributed by atoms with E-state index in [1.165, 1.54) is 104 Å². The van der Waals surface area contributed by atoms with Gasteiger partial charge in [-0.3, -0.25) is 81.5 Å². The van der Waals surface area contributed by atoms with Crippen molar-refractivity contribution in [2.24, 2.45) is 0 Å². The molecule has 0 bridgehead atoms. The molecule has 0 saturated carbocycles. The van der Waals surface area contributed by atoms with Gasteiger partial charge in [0.05, 0.1) is 0 Å². The number of carboxylic acid groups (broad SMARTS) is 2. The van der Waals surface area contributed by atoms with Crippen LogP contribution in [0.15, 0.2) is 0 Å². The first-order chi connectivity index (χ1) is 38.2. The van der Waals surface area contributed by atoms with E-state index < -0.39 is 204 Å². The highest BCUT2D eigenvalue weighted by Gasteiger charge is 2.33. The van der Waals surface area contributed by atoms with E-state index in [1.54, 1.807) is 0 Å². The van der Waals surface area contributed by atoms with E-state index in [4.69, 9.17) is 5.11 Å². The van der Waals surface area contributed by atoms with Gasteiger partial charge in [-0.05, 0) is 103 Å². The smallest absolute Gasteiger partial charge is 0.325 e. The van der Waals surface area contributed by atoms with E-state index in [1.807, 2.05) is 0 Å². The molecule has 0 unspecified atom stereocenters. The molecule has 0 aliphatic rings. The van der Waals surface area contributed by atoms with Crippen LogP contribution in [0, 0.1) is 0 Å². The molecule has 34 heteroatoms. The third kappa shape index (κ3) is 27.3. The van der Waals surface area contributed by atoms with E-state index in [9.17, 15) is 86.6 Å². The summed E-state index contributed by atoms with van der Waals surface area (Å²) in [5.74, 6) is -15.1. The predicted molar refractivity (Wildman–Crippen MR) is 289 cm³/mol. The average molecular weight is 1180 g/mol. The highest BCUT2D eigenvalue weighted by atomic mass is 16.4. The van der Waals surface area contributed by atoms with Crippen molar-refractivity contribution in [1.82, 2.24) is 79.8 Å². The fourth-order valence-electron chi connectivity index (χ4n) is 6.43. The van der Waals surface area contributed by atoms with Crippen molar-refractivity contribution in [3.05, 3.63) is 0 Å². The first-order valence-electron chi connectivity index (χ1n) is 26.2. The van der Waals surface area contributed by atoms with Gasteiger partial charge in [0, 0.05) is 13.3 Å². The van der Waals surface area contributed by atoms with Crippen LogP contribution in [-0.2, 0) is 81.5 Å². The van der Waals surface area contributed by atoms with Crippen molar-refractivity contribution in [1.29, 1.82) is 0 Å². The minimum absolute atomic E-state index is 0.460. The Morgan fingerprint density at radius 3 is 0.566 bits per heavy atom. The van der Waals surface area contributed by atoms with Crippen molar-refractivity contribution < 1.29 is 91.7 Å². The van der Waals surface area contributed by atoms with Crippen molar-refractivity contribution >= 4 is 101 Å². The maximum atomic E-state index is 13.1. The fourth-order valence-corrected chi connectivity index (χ4v) is 6.43. The summed E-state index contributed by atoms with van der Waals surface area (Å²) in [6, 6.07) is -19.0. The lowest BCUT2D eigenvalue weighted by Crippen LogP contribution is -2.59. The molecule has 0 spiro atoms. The fraction of sp³-hybridized carbons (Fsp3) is 0.653. The number of aliphatic carboxylic acids is 2. The van der Waals surface area contributed by atoms with Gasteiger partial charge in [0.15, 0.2) is 0 Å². The third-order valence-electron chi connectivity index (χ3n) is 11.8. The molecule has 0 aromatic rings. The van der Waals surface area contributed by atoms with Crippen LogP contribution in [0.2, 0.25) is 0 Å². The summed E-state index contributed by atoms with van der Waals surface area (Å²) in [5, 5.41) is 53.2. The minimum atomic E-state index is -1.55. The zero-order valence-electron chi connectivity index (χ0n) is 48.9. The van der Waals surface area contributed by atoms with E-state index in [2.05, 4.69) is 79.8 Å². The number of carboxylic acids is 2. The van der Waals surface area contributed by atoms with E-state index >= 15 is 0 Å². The largest absolute Gasteiger partial charge is 0.481 e. The average Bonchev–Trinajstić information content (AvgIpc) is 3.39. The molecule has 0 aliphatic heterocycles. The first kappa shape index (κ1) is 74.0. The van der Waals surface area contributed by atoms with Crippen molar-refractivity contribution in [3.63, 3.8) is 0 Å². The molecule has 0 fully saturated rings. The Hall–Kier alpha value is -9.01. The molecule has 0 aromatic carbocycles. The molecule has 83 heavy (non-hydrogen) atoms. The number of hydrogen-bond donors (Lipinski definition) is 17. The van der Waals surface area contributed by atoms with Crippen LogP contribution in [0.1, 0.15) is 117 Å².